The fourth-order valence-electron chi connectivity index (χ4n) is 2.17. The summed E-state index contributed by atoms with van der Waals surface area (Å²) >= 11 is 3.27. The zero-order chi connectivity index (χ0) is 13.1. The number of carboxylic acid groups (broad SMARTS) is 1. The standard InChI is InChI=1S/C12H13BrN2O3/c13-9-4-10(6-14-5-9)15-11(16)7-1-2-8(3-7)12(17)18/h4-8H,1-3H2,(H,15,16)(H,17,18)/t7-,8+/m1/s1. The van der Waals surface area contributed by atoms with Gasteiger partial charge in [0.2, 0.25) is 5.91 Å². The lowest BCUT2D eigenvalue weighted by atomic mass is 10.0. The highest BCUT2D eigenvalue weighted by Gasteiger charge is 2.33. The van der Waals surface area contributed by atoms with Crippen LogP contribution in [0.25, 0.3) is 0 Å². The number of pyridine rings is 1. The summed E-state index contributed by atoms with van der Waals surface area (Å²) in [5, 5.41) is 11.7. The van der Waals surface area contributed by atoms with Crippen LogP contribution in [0.2, 0.25) is 0 Å². The first-order valence-electron chi connectivity index (χ1n) is 5.70. The van der Waals surface area contributed by atoms with Gasteiger partial charge in [0.05, 0.1) is 17.8 Å². The van der Waals surface area contributed by atoms with E-state index < -0.39 is 5.97 Å². The number of nitrogens with one attached hydrogen (secondary N) is 1. The molecule has 2 N–H and O–H groups in total. The summed E-state index contributed by atoms with van der Waals surface area (Å²) in [6, 6.07) is 1.76. The first-order valence-corrected chi connectivity index (χ1v) is 6.50. The molecule has 1 aliphatic rings. The second-order valence-corrected chi connectivity index (χ2v) is 5.34. The largest absolute Gasteiger partial charge is 0.481 e. The minimum Gasteiger partial charge on any atom is -0.481 e. The van der Waals surface area contributed by atoms with E-state index in [0.717, 1.165) is 4.47 Å². The predicted molar refractivity (Wildman–Crippen MR) is 69.0 cm³/mol. The van der Waals surface area contributed by atoms with Crippen LogP contribution in [0.1, 0.15) is 19.3 Å². The van der Waals surface area contributed by atoms with Gasteiger partial charge in [-0.1, -0.05) is 0 Å². The Labute approximate surface area is 113 Å². The number of anilines is 1. The van der Waals surface area contributed by atoms with Gasteiger partial charge in [-0.3, -0.25) is 14.6 Å². The summed E-state index contributed by atoms with van der Waals surface area (Å²) in [6.45, 7) is 0. The Morgan fingerprint density at radius 3 is 2.67 bits per heavy atom. The molecule has 1 aromatic rings. The van der Waals surface area contributed by atoms with Crippen molar-refractivity contribution < 1.29 is 14.7 Å². The third-order valence-electron chi connectivity index (χ3n) is 3.13. The molecule has 1 aromatic heterocycles. The average Bonchev–Trinajstić information content (AvgIpc) is 2.78. The van der Waals surface area contributed by atoms with Gasteiger partial charge in [-0.2, -0.15) is 0 Å². The van der Waals surface area contributed by atoms with Crippen LogP contribution in [0.3, 0.4) is 0 Å². The van der Waals surface area contributed by atoms with Crippen LogP contribution in [0.5, 0.6) is 0 Å². The number of rotatable bonds is 3. The summed E-state index contributed by atoms with van der Waals surface area (Å²) in [7, 11) is 0. The third-order valence-corrected chi connectivity index (χ3v) is 3.56. The third kappa shape index (κ3) is 3.07. The van der Waals surface area contributed by atoms with Gasteiger partial charge in [-0.15, -0.1) is 0 Å². The molecule has 18 heavy (non-hydrogen) atoms. The topological polar surface area (TPSA) is 79.3 Å². The average molecular weight is 313 g/mol. The number of carboxylic acids is 1. The molecule has 0 spiro atoms. The number of hydrogen-bond donors (Lipinski definition) is 2. The summed E-state index contributed by atoms with van der Waals surface area (Å²) in [4.78, 5) is 26.7. The number of halogens is 1. The lowest BCUT2D eigenvalue weighted by molar-refractivity contribution is -0.141. The Bertz CT molecular complexity index is 478. The molecule has 1 aliphatic carbocycles. The SMILES string of the molecule is O=C(O)[C@H]1CC[C@@H](C(=O)Nc2cncc(Br)c2)C1. The van der Waals surface area contributed by atoms with Gasteiger partial charge in [0.1, 0.15) is 0 Å². The van der Waals surface area contributed by atoms with Crippen molar-refractivity contribution in [2.75, 3.05) is 5.32 Å². The van der Waals surface area contributed by atoms with E-state index in [9.17, 15) is 9.59 Å². The van der Waals surface area contributed by atoms with Crippen LogP contribution in [-0.4, -0.2) is 22.0 Å². The molecule has 2 rings (SSSR count). The molecule has 1 fully saturated rings. The normalized spacial score (nSPS) is 22.7. The molecule has 1 heterocycles. The van der Waals surface area contributed by atoms with E-state index in [1.54, 1.807) is 18.5 Å². The van der Waals surface area contributed by atoms with Gasteiger partial charge >= 0.3 is 5.97 Å². The summed E-state index contributed by atoms with van der Waals surface area (Å²) < 4.78 is 0.787. The Balaban J connectivity index is 1.95. The van der Waals surface area contributed by atoms with E-state index in [4.69, 9.17) is 5.11 Å². The highest BCUT2D eigenvalue weighted by molar-refractivity contribution is 9.10. The smallest absolute Gasteiger partial charge is 0.306 e. The van der Waals surface area contributed by atoms with E-state index in [-0.39, 0.29) is 17.7 Å². The van der Waals surface area contributed by atoms with Crippen molar-refractivity contribution in [3.05, 3.63) is 22.9 Å². The Morgan fingerprint density at radius 1 is 1.33 bits per heavy atom. The molecular weight excluding hydrogens is 300 g/mol. The molecule has 0 radical (unpaired) electrons. The van der Waals surface area contributed by atoms with E-state index >= 15 is 0 Å². The Hall–Kier alpha value is -1.43. The molecule has 96 valence electrons. The first kappa shape index (κ1) is 13.0. The van der Waals surface area contributed by atoms with Gasteiger partial charge in [-0.25, -0.2) is 0 Å². The molecule has 6 heteroatoms. The molecule has 5 nitrogen and oxygen atoms in total. The highest BCUT2D eigenvalue weighted by atomic mass is 79.9. The van der Waals surface area contributed by atoms with Gasteiger partial charge in [0.25, 0.3) is 0 Å². The predicted octanol–water partition coefficient (Wildman–Crippen LogP) is 2.28. The van der Waals surface area contributed by atoms with E-state index in [2.05, 4.69) is 26.2 Å². The van der Waals surface area contributed by atoms with Crippen molar-refractivity contribution in [2.24, 2.45) is 11.8 Å². The zero-order valence-corrected chi connectivity index (χ0v) is 11.2. The molecule has 0 aliphatic heterocycles. The van der Waals surface area contributed by atoms with Gasteiger partial charge in [-0.05, 0) is 41.3 Å². The molecular formula is C12H13BrN2O3. The fraction of sp³-hybridized carbons (Fsp3) is 0.417. The van der Waals surface area contributed by atoms with Crippen LogP contribution in [0, 0.1) is 11.8 Å². The Morgan fingerprint density at radius 2 is 2.06 bits per heavy atom. The van der Waals surface area contributed by atoms with Crippen molar-refractivity contribution in [2.45, 2.75) is 19.3 Å². The molecule has 0 bridgehead atoms. The molecule has 0 unspecified atom stereocenters. The van der Waals surface area contributed by atoms with Crippen LogP contribution in [0.15, 0.2) is 22.9 Å². The molecule has 2 atom stereocenters. The quantitative estimate of drug-likeness (QED) is 0.897. The van der Waals surface area contributed by atoms with Crippen molar-refractivity contribution in [3.8, 4) is 0 Å². The highest BCUT2D eigenvalue weighted by Crippen LogP contribution is 2.31. The number of aromatic nitrogens is 1. The summed E-state index contributed by atoms with van der Waals surface area (Å²) in [6.07, 6.45) is 4.81. The van der Waals surface area contributed by atoms with E-state index in [0.29, 0.717) is 24.9 Å². The fourth-order valence-corrected chi connectivity index (χ4v) is 2.53. The number of carbonyl (C=O) groups excluding carboxylic acids is 1. The number of hydrogen-bond acceptors (Lipinski definition) is 3. The lowest BCUT2D eigenvalue weighted by Crippen LogP contribution is -2.21. The number of amides is 1. The van der Waals surface area contributed by atoms with Crippen molar-refractivity contribution in [1.82, 2.24) is 4.98 Å². The van der Waals surface area contributed by atoms with Crippen molar-refractivity contribution in [3.63, 3.8) is 0 Å². The van der Waals surface area contributed by atoms with E-state index in [1.165, 1.54) is 0 Å². The second kappa shape index (κ2) is 5.48. The molecule has 0 saturated heterocycles. The first-order chi connectivity index (χ1) is 8.56. The number of aliphatic carboxylic acids is 1. The number of nitrogens with zero attached hydrogens (tertiary/aromatic N) is 1. The van der Waals surface area contributed by atoms with Crippen molar-refractivity contribution in [1.29, 1.82) is 0 Å². The monoisotopic (exact) mass is 312 g/mol. The van der Waals surface area contributed by atoms with Gasteiger partial charge < -0.3 is 10.4 Å². The summed E-state index contributed by atoms with van der Waals surface area (Å²) in [5.41, 5.74) is 0.619. The summed E-state index contributed by atoms with van der Waals surface area (Å²) in [5.74, 6) is -1.54. The van der Waals surface area contributed by atoms with Crippen LogP contribution < -0.4 is 5.32 Å². The van der Waals surface area contributed by atoms with Crippen LogP contribution in [-0.2, 0) is 9.59 Å². The number of carbonyl (C=O) groups is 2. The lowest BCUT2D eigenvalue weighted by Gasteiger charge is -2.10. The maximum Gasteiger partial charge on any atom is 0.306 e. The van der Waals surface area contributed by atoms with Gasteiger partial charge in [0.15, 0.2) is 0 Å². The molecule has 1 amide bonds. The maximum absolute atomic E-state index is 11.9. The minimum atomic E-state index is -0.811. The minimum absolute atomic E-state index is 0.126. The van der Waals surface area contributed by atoms with Crippen LogP contribution >= 0.6 is 15.9 Å². The zero-order valence-electron chi connectivity index (χ0n) is 9.60. The van der Waals surface area contributed by atoms with Crippen LogP contribution in [0.4, 0.5) is 5.69 Å². The molecule has 0 aromatic carbocycles. The Kier molecular flexibility index (Phi) is 3.96. The second-order valence-electron chi connectivity index (χ2n) is 4.43. The van der Waals surface area contributed by atoms with E-state index in [1.807, 2.05) is 0 Å². The van der Waals surface area contributed by atoms with Crippen molar-refractivity contribution >= 4 is 33.5 Å². The van der Waals surface area contributed by atoms with Gasteiger partial charge in [0, 0.05) is 16.6 Å². The molecule has 1 saturated carbocycles. The maximum atomic E-state index is 11.9.